The van der Waals surface area contributed by atoms with Gasteiger partial charge in [0.05, 0.1) is 0 Å². The van der Waals surface area contributed by atoms with Crippen LogP contribution in [0.4, 0.5) is 0 Å². The van der Waals surface area contributed by atoms with Crippen molar-refractivity contribution < 1.29 is 0 Å². The van der Waals surface area contributed by atoms with Crippen molar-refractivity contribution in [1.82, 2.24) is 5.32 Å². The Morgan fingerprint density at radius 3 is 2.38 bits per heavy atom. The molecule has 1 nitrogen and oxygen atoms in total. The van der Waals surface area contributed by atoms with E-state index in [1.807, 2.05) is 11.8 Å². The molecule has 1 N–H and O–H groups in total. The summed E-state index contributed by atoms with van der Waals surface area (Å²) in [6, 6.07) is 8.96. The standard InChI is InChI=1S/C14H23NS/c1-4-9-15-10-11-16-14-7-5-13(6-8-14)12(2)3/h5-8,12,15H,4,9-11H2,1-3H3. The van der Waals surface area contributed by atoms with Crippen LogP contribution in [0.3, 0.4) is 0 Å². The van der Waals surface area contributed by atoms with Crippen LogP contribution in [0.1, 0.15) is 38.7 Å². The van der Waals surface area contributed by atoms with Crippen LogP contribution in [0.5, 0.6) is 0 Å². The van der Waals surface area contributed by atoms with E-state index in [4.69, 9.17) is 0 Å². The first-order valence-electron chi connectivity index (χ1n) is 6.17. The molecular weight excluding hydrogens is 214 g/mol. The van der Waals surface area contributed by atoms with E-state index in [2.05, 4.69) is 50.4 Å². The topological polar surface area (TPSA) is 12.0 Å². The average Bonchev–Trinajstić information content (AvgIpc) is 2.29. The van der Waals surface area contributed by atoms with Gasteiger partial charge in [0.25, 0.3) is 0 Å². The summed E-state index contributed by atoms with van der Waals surface area (Å²) in [6.07, 6.45) is 1.22. The monoisotopic (exact) mass is 237 g/mol. The molecule has 0 amide bonds. The maximum atomic E-state index is 3.41. The second kappa shape index (κ2) is 7.75. The molecule has 0 unspecified atom stereocenters. The summed E-state index contributed by atoms with van der Waals surface area (Å²) < 4.78 is 0. The summed E-state index contributed by atoms with van der Waals surface area (Å²) in [7, 11) is 0. The van der Waals surface area contributed by atoms with Crippen LogP contribution in [0.2, 0.25) is 0 Å². The van der Waals surface area contributed by atoms with Gasteiger partial charge in [0.1, 0.15) is 0 Å². The highest BCUT2D eigenvalue weighted by Crippen LogP contribution is 2.21. The van der Waals surface area contributed by atoms with E-state index in [1.54, 1.807) is 0 Å². The fourth-order valence-electron chi connectivity index (χ4n) is 1.49. The van der Waals surface area contributed by atoms with Crippen molar-refractivity contribution in [3.05, 3.63) is 29.8 Å². The first-order chi connectivity index (χ1) is 7.74. The Hall–Kier alpha value is -0.470. The molecule has 1 aromatic carbocycles. The zero-order valence-electron chi connectivity index (χ0n) is 10.6. The van der Waals surface area contributed by atoms with Crippen LogP contribution in [-0.2, 0) is 0 Å². The third-order valence-electron chi connectivity index (χ3n) is 2.52. The van der Waals surface area contributed by atoms with E-state index in [0.717, 1.165) is 18.8 Å². The van der Waals surface area contributed by atoms with Gasteiger partial charge in [-0.1, -0.05) is 32.9 Å². The van der Waals surface area contributed by atoms with E-state index in [-0.39, 0.29) is 0 Å². The Balaban J connectivity index is 2.27. The molecule has 0 aliphatic carbocycles. The molecule has 0 saturated heterocycles. The molecule has 0 atom stereocenters. The van der Waals surface area contributed by atoms with Crippen molar-refractivity contribution in [2.45, 2.75) is 38.0 Å². The molecule has 0 spiro atoms. The SMILES string of the molecule is CCCNCCSc1ccc(C(C)C)cc1. The van der Waals surface area contributed by atoms with Crippen LogP contribution >= 0.6 is 11.8 Å². The number of hydrogen-bond acceptors (Lipinski definition) is 2. The predicted molar refractivity (Wildman–Crippen MR) is 74.4 cm³/mol. The Morgan fingerprint density at radius 2 is 1.81 bits per heavy atom. The molecule has 1 aromatic rings. The minimum atomic E-state index is 0.630. The van der Waals surface area contributed by atoms with Gasteiger partial charge in [-0.2, -0.15) is 0 Å². The maximum absolute atomic E-state index is 3.41. The predicted octanol–water partition coefficient (Wildman–Crippen LogP) is 3.90. The Morgan fingerprint density at radius 1 is 1.12 bits per heavy atom. The number of rotatable bonds is 7. The Bertz CT molecular complexity index is 279. The van der Waals surface area contributed by atoms with Gasteiger partial charge in [-0.05, 0) is 36.6 Å². The second-order valence-corrected chi connectivity index (χ2v) is 5.49. The van der Waals surface area contributed by atoms with Crippen LogP contribution in [-0.4, -0.2) is 18.8 Å². The van der Waals surface area contributed by atoms with E-state index in [0.29, 0.717) is 5.92 Å². The van der Waals surface area contributed by atoms with Crippen LogP contribution < -0.4 is 5.32 Å². The van der Waals surface area contributed by atoms with Crippen molar-refractivity contribution in [3.63, 3.8) is 0 Å². The quantitative estimate of drug-likeness (QED) is 0.570. The lowest BCUT2D eigenvalue weighted by atomic mass is 10.0. The van der Waals surface area contributed by atoms with E-state index < -0.39 is 0 Å². The number of benzene rings is 1. The minimum absolute atomic E-state index is 0.630. The molecule has 2 heteroatoms. The van der Waals surface area contributed by atoms with Gasteiger partial charge in [-0.3, -0.25) is 0 Å². The Kier molecular flexibility index (Phi) is 6.58. The first-order valence-corrected chi connectivity index (χ1v) is 7.16. The van der Waals surface area contributed by atoms with Crippen molar-refractivity contribution in [1.29, 1.82) is 0 Å². The van der Waals surface area contributed by atoms with Gasteiger partial charge in [0.15, 0.2) is 0 Å². The van der Waals surface area contributed by atoms with Gasteiger partial charge in [0.2, 0.25) is 0 Å². The van der Waals surface area contributed by atoms with Gasteiger partial charge in [-0.15, -0.1) is 11.8 Å². The lowest BCUT2D eigenvalue weighted by Gasteiger charge is -2.07. The number of nitrogens with one attached hydrogen (secondary N) is 1. The highest BCUT2D eigenvalue weighted by molar-refractivity contribution is 7.99. The van der Waals surface area contributed by atoms with Gasteiger partial charge < -0.3 is 5.32 Å². The molecule has 0 aromatic heterocycles. The maximum Gasteiger partial charge on any atom is 0.0106 e. The smallest absolute Gasteiger partial charge is 0.0106 e. The zero-order chi connectivity index (χ0) is 11.8. The third kappa shape index (κ3) is 5.04. The van der Waals surface area contributed by atoms with E-state index in [9.17, 15) is 0 Å². The van der Waals surface area contributed by atoms with Crippen molar-refractivity contribution in [2.75, 3.05) is 18.8 Å². The largest absolute Gasteiger partial charge is 0.316 e. The lowest BCUT2D eigenvalue weighted by molar-refractivity contribution is 0.707. The summed E-state index contributed by atoms with van der Waals surface area (Å²) in [4.78, 5) is 1.38. The molecule has 1 rings (SSSR count). The normalized spacial score (nSPS) is 11.0. The first kappa shape index (κ1) is 13.6. The van der Waals surface area contributed by atoms with Crippen molar-refractivity contribution in [2.24, 2.45) is 0 Å². The van der Waals surface area contributed by atoms with Crippen molar-refractivity contribution >= 4 is 11.8 Å². The minimum Gasteiger partial charge on any atom is -0.316 e. The molecule has 0 aliphatic heterocycles. The molecule has 90 valence electrons. The molecule has 16 heavy (non-hydrogen) atoms. The van der Waals surface area contributed by atoms with Gasteiger partial charge in [-0.25, -0.2) is 0 Å². The van der Waals surface area contributed by atoms with Gasteiger partial charge in [0, 0.05) is 17.2 Å². The summed E-state index contributed by atoms with van der Waals surface area (Å²) in [6.45, 7) is 8.90. The van der Waals surface area contributed by atoms with Crippen LogP contribution in [0.25, 0.3) is 0 Å². The third-order valence-corrected chi connectivity index (χ3v) is 3.53. The van der Waals surface area contributed by atoms with E-state index >= 15 is 0 Å². The molecule has 0 aliphatic rings. The highest BCUT2D eigenvalue weighted by atomic mass is 32.2. The fourth-order valence-corrected chi connectivity index (χ4v) is 2.30. The average molecular weight is 237 g/mol. The summed E-state index contributed by atoms with van der Waals surface area (Å²) >= 11 is 1.93. The molecule has 0 radical (unpaired) electrons. The molecular formula is C14H23NS. The Labute approximate surface area is 104 Å². The highest BCUT2D eigenvalue weighted by Gasteiger charge is 1.99. The van der Waals surface area contributed by atoms with E-state index in [1.165, 1.54) is 16.9 Å². The molecule has 0 heterocycles. The molecule has 0 fully saturated rings. The fraction of sp³-hybridized carbons (Fsp3) is 0.571. The molecule has 0 saturated carbocycles. The zero-order valence-corrected chi connectivity index (χ0v) is 11.4. The number of hydrogen-bond donors (Lipinski definition) is 1. The second-order valence-electron chi connectivity index (χ2n) is 4.32. The summed E-state index contributed by atoms with van der Waals surface area (Å²) in [5.74, 6) is 1.78. The summed E-state index contributed by atoms with van der Waals surface area (Å²) in [5, 5.41) is 3.41. The van der Waals surface area contributed by atoms with Gasteiger partial charge >= 0.3 is 0 Å². The van der Waals surface area contributed by atoms with Crippen LogP contribution in [0, 0.1) is 0 Å². The van der Waals surface area contributed by atoms with Crippen LogP contribution in [0.15, 0.2) is 29.2 Å². The molecule has 0 bridgehead atoms. The summed E-state index contributed by atoms with van der Waals surface area (Å²) in [5.41, 5.74) is 1.42. The lowest BCUT2D eigenvalue weighted by Crippen LogP contribution is -2.17. The van der Waals surface area contributed by atoms with Crippen molar-refractivity contribution in [3.8, 4) is 0 Å². The number of thioether (sulfide) groups is 1.